The number of sulfonamides is 1. The lowest BCUT2D eigenvalue weighted by atomic mass is 10.0. The Morgan fingerprint density at radius 2 is 1.69 bits per heavy atom. The Bertz CT molecular complexity index is 1500. The maximum absolute atomic E-state index is 13.5. The first-order chi connectivity index (χ1) is 18.1. The van der Waals surface area contributed by atoms with Crippen LogP contribution in [0.4, 0.5) is 42.1 Å². The van der Waals surface area contributed by atoms with Crippen molar-refractivity contribution in [2.45, 2.75) is 36.7 Å². The van der Waals surface area contributed by atoms with Gasteiger partial charge in [-0.1, -0.05) is 12.1 Å². The molecule has 1 unspecified atom stereocenters. The largest absolute Gasteiger partial charge is 0.486 e. The van der Waals surface area contributed by atoms with E-state index in [2.05, 4.69) is 5.32 Å². The zero-order valence-electron chi connectivity index (χ0n) is 19.9. The third-order valence-electron chi connectivity index (χ3n) is 5.81. The third kappa shape index (κ3) is 6.10. The molecule has 208 valence electrons. The number of nitrogens with one attached hydrogen (secondary N) is 1. The van der Waals surface area contributed by atoms with Crippen LogP contribution in [0.25, 0.3) is 0 Å². The number of fused-ring (bicyclic) bond motifs is 1. The summed E-state index contributed by atoms with van der Waals surface area (Å²) in [6, 6.07) is 10.1. The van der Waals surface area contributed by atoms with E-state index in [4.69, 9.17) is 4.74 Å². The number of amides is 1. The van der Waals surface area contributed by atoms with E-state index < -0.39 is 69.2 Å². The van der Waals surface area contributed by atoms with Gasteiger partial charge in [0.1, 0.15) is 17.7 Å². The Morgan fingerprint density at radius 3 is 2.31 bits per heavy atom. The Morgan fingerprint density at radius 1 is 1.03 bits per heavy atom. The predicted octanol–water partition coefficient (Wildman–Crippen LogP) is 6.31. The number of carbonyl (C=O) groups excluding carboxylic acids is 1. The smallest absolute Gasteiger partial charge is 0.417 e. The molecule has 4 rings (SSSR count). The van der Waals surface area contributed by atoms with E-state index in [0.29, 0.717) is 4.31 Å². The summed E-state index contributed by atoms with van der Waals surface area (Å²) < 4.78 is 126. The minimum Gasteiger partial charge on any atom is -0.486 e. The van der Waals surface area contributed by atoms with Gasteiger partial charge >= 0.3 is 12.4 Å². The lowest BCUT2D eigenvalue weighted by Gasteiger charge is -2.36. The molecule has 1 N–H and O–H groups in total. The minimum atomic E-state index is -4.84. The molecule has 1 amide bonds. The molecule has 1 aliphatic heterocycles. The number of aryl methyl sites for hydroxylation is 1. The van der Waals surface area contributed by atoms with Gasteiger partial charge in [0.25, 0.3) is 15.9 Å². The van der Waals surface area contributed by atoms with E-state index in [1.165, 1.54) is 13.0 Å². The fraction of sp³-hybridized carbons (Fsp3) is 0.240. The second kappa shape index (κ2) is 10.1. The summed E-state index contributed by atoms with van der Waals surface area (Å²) in [4.78, 5) is 12.5. The summed E-state index contributed by atoms with van der Waals surface area (Å²) in [5.74, 6) is -2.16. The third-order valence-corrected chi connectivity index (χ3v) is 7.61. The van der Waals surface area contributed by atoms with Crippen LogP contribution in [0.3, 0.4) is 0 Å². The SMILES string of the molecule is Cc1cccc(C(F)(F)F)c1C(=O)Nc1ccc2c(c1)N(S(=O)(=O)c1ccc(F)cc1)CC(CC(F)(F)F)O2. The van der Waals surface area contributed by atoms with Gasteiger partial charge in [0.05, 0.1) is 34.7 Å². The zero-order chi connectivity index (χ0) is 28.8. The van der Waals surface area contributed by atoms with Crippen molar-refractivity contribution in [3.63, 3.8) is 0 Å². The number of nitrogens with zero attached hydrogens (tertiary/aromatic N) is 1. The van der Waals surface area contributed by atoms with Gasteiger partial charge in [-0.2, -0.15) is 26.3 Å². The van der Waals surface area contributed by atoms with Crippen LogP contribution in [-0.4, -0.2) is 33.1 Å². The molecule has 0 aromatic heterocycles. The molecule has 39 heavy (non-hydrogen) atoms. The molecule has 0 saturated carbocycles. The summed E-state index contributed by atoms with van der Waals surface area (Å²) >= 11 is 0. The van der Waals surface area contributed by atoms with Crippen molar-refractivity contribution >= 4 is 27.3 Å². The van der Waals surface area contributed by atoms with E-state index in [1.807, 2.05) is 0 Å². The lowest BCUT2D eigenvalue weighted by molar-refractivity contribution is -0.150. The molecule has 0 bridgehead atoms. The zero-order valence-corrected chi connectivity index (χ0v) is 20.7. The summed E-state index contributed by atoms with van der Waals surface area (Å²) in [7, 11) is -4.55. The van der Waals surface area contributed by atoms with Crippen molar-refractivity contribution in [1.29, 1.82) is 0 Å². The molecule has 0 aliphatic carbocycles. The number of ether oxygens (including phenoxy) is 1. The monoisotopic (exact) mass is 576 g/mol. The van der Waals surface area contributed by atoms with Crippen LogP contribution in [0.15, 0.2) is 65.6 Å². The molecule has 3 aromatic carbocycles. The number of carbonyl (C=O) groups is 1. The molecule has 1 atom stereocenters. The summed E-state index contributed by atoms with van der Waals surface area (Å²) in [5.41, 5.74) is -2.22. The highest BCUT2D eigenvalue weighted by atomic mass is 32.2. The number of hydrogen-bond acceptors (Lipinski definition) is 4. The predicted molar refractivity (Wildman–Crippen MR) is 127 cm³/mol. The van der Waals surface area contributed by atoms with Crippen LogP contribution < -0.4 is 14.4 Å². The van der Waals surface area contributed by atoms with Gasteiger partial charge < -0.3 is 10.1 Å². The van der Waals surface area contributed by atoms with Gasteiger partial charge in [-0.15, -0.1) is 0 Å². The lowest BCUT2D eigenvalue weighted by Crippen LogP contribution is -2.45. The maximum atomic E-state index is 13.5. The molecule has 14 heteroatoms. The highest BCUT2D eigenvalue weighted by Gasteiger charge is 2.41. The summed E-state index contributed by atoms with van der Waals surface area (Å²) in [6.07, 6.45) is -12.6. The fourth-order valence-corrected chi connectivity index (χ4v) is 5.61. The second-order valence-electron chi connectivity index (χ2n) is 8.68. The molecule has 0 fully saturated rings. The molecule has 0 spiro atoms. The number of anilines is 2. The highest BCUT2D eigenvalue weighted by molar-refractivity contribution is 7.92. The summed E-state index contributed by atoms with van der Waals surface area (Å²) in [5, 5.41) is 2.28. The first-order valence-corrected chi connectivity index (χ1v) is 12.6. The number of halogens is 7. The van der Waals surface area contributed by atoms with Gasteiger partial charge in [0, 0.05) is 5.69 Å². The first kappa shape index (κ1) is 28.2. The average molecular weight is 576 g/mol. The number of alkyl halides is 6. The maximum Gasteiger partial charge on any atom is 0.417 e. The van der Waals surface area contributed by atoms with Gasteiger partial charge in [-0.05, 0) is 61.0 Å². The van der Waals surface area contributed by atoms with Crippen molar-refractivity contribution in [3.8, 4) is 5.75 Å². The van der Waals surface area contributed by atoms with Crippen LogP contribution in [0, 0.1) is 12.7 Å². The van der Waals surface area contributed by atoms with Crippen molar-refractivity contribution < 1.29 is 48.7 Å². The van der Waals surface area contributed by atoms with Crippen LogP contribution in [-0.2, 0) is 16.2 Å². The average Bonchev–Trinajstić information content (AvgIpc) is 2.82. The topological polar surface area (TPSA) is 75.7 Å². The minimum absolute atomic E-state index is 0.0270. The molecule has 3 aromatic rings. The fourth-order valence-electron chi connectivity index (χ4n) is 4.11. The van der Waals surface area contributed by atoms with Gasteiger partial charge in [-0.3, -0.25) is 9.10 Å². The van der Waals surface area contributed by atoms with E-state index in [9.17, 15) is 43.9 Å². The number of hydrogen-bond donors (Lipinski definition) is 1. The van der Waals surface area contributed by atoms with Crippen molar-refractivity contribution in [3.05, 3.63) is 83.2 Å². The second-order valence-corrected chi connectivity index (χ2v) is 10.5. The van der Waals surface area contributed by atoms with Crippen LogP contribution in [0.2, 0.25) is 0 Å². The Hall–Kier alpha value is -3.81. The van der Waals surface area contributed by atoms with E-state index in [1.54, 1.807) is 0 Å². The molecule has 1 aliphatic rings. The summed E-state index contributed by atoms with van der Waals surface area (Å²) in [6.45, 7) is 0.530. The standard InChI is InChI=1S/C25H19F7N2O4S/c1-14-3-2-4-19(25(30,31)32)22(14)23(35)33-16-7-10-21-20(11-16)34(13-17(38-21)12-24(27,28)29)39(36,37)18-8-5-15(26)6-9-18/h2-11,17H,12-13H2,1H3,(H,33,35). The van der Waals surface area contributed by atoms with Crippen molar-refractivity contribution in [2.75, 3.05) is 16.2 Å². The Labute approximate surface area is 218 Å². The van der Waals surface area contributed by atoms with Crippen molar-refractivity contribution in [2.24, 2.45) is 0 Å². The highest BCUT2D eigenvalue weighted by Crippen LogP contribution is 2.41. The van der Waals surface area contributed by atoms with E-state index in [-0.39, 0.29) is 22.7 Å². The van der Waals surface area contributed by atoms with Gasteiger partial charge in [-0.25, -0.2) is 12.8 Å². The van der Waals surface area contributed by atoms with Crippen LogP contribution in [0.5, 0.6) is 5.75 Å². The van der Waals surface area contributed by atoms with Crippen LogP contribution in [0.1, 0.15) is 27.9 Å². The van der Waals surface area contributed by atoms with E-state index >= 15 is 0 Å². The molecule has 0 radical (unpaired) electrons. The molecule has 0 saturated heterocycles. The Kier molecular flexibility index (Phi) is 7.27. The van der Waals surface area contributed by atoms with Crippen LogP contribution >= 0.6 is 0 Å². The molecule has 1 heterocycles. The first-order valence-electron chi connectivity index (χ1n) is 11.2. The Balaban J connectivity index is 1.75. The normalized spacial score (nSPS) is 15.9. The number of benzene rings is 3. The van der Waals surface area contributed by atoms with E-state index in [0.717, 1.165) is 54.6 Å². The van der Waals surface area contributed by atoms with Gasteiger partial charge in [0.2, 0.25) is 0 Å². The number of rotatable bonds is 5. The van der Waals surface area contributed by atoms with Crippen molar-refractivity contribution in [1.82, 2.24) is 0 Å². The molecular weight excluding hydrogens is 557 g/mol. The van der Waals surface area contributed by atoms with Gasteiger partial charge in [0.15, 0.2) is 0 Å². The quantitative estimate of drug-likeness (QED) is 0.361. The molecular formula is C25H19F7N2O4S. The molecule has 6 nitrogen and oxygen atoms in total.